The van der Waals surface area contributed by atoms with Crippen LogP contribution >= 0.6 is 50.7 Å². The van der Waals surface area contributed by atoms with Crippen LogP contribution in [0.1, 0.15) is 40.2 Å². The van der Waals surface area contributed by atoms with Gasteiger partial charge in [0.05, 0.1) is 23.0 Å². The van der Waals surface area contributed by atoms with Crippen LogP contribution in [0.25, 0.3) is 0 Å². The molecule has 3 fully saturated rings. The summed E-state index contributed by atoms with van der Waals surface area (Å²) in [4.78, 5) is 66.7. The van der Waals surface area contributed by atoms with Gasteiger partial charge in [0.2, 0.25) is 11.8 Å². The average molecular weight is 743 g/mol. The van der Waals surface area contributed by atoms with Gasteiger partial charge in [-0.15, -0.1) is 23.2 Å². The highest BCUT2D eigenvalue weighted by Gasteiger charge is 2.76. The molecule has 6 atom stereocenters. The summed E-state index contributed by atoms with van der Waals surface area (Å²) in [5, 5.41) is 11.3. The van der Waals surface area contributed by atoms with Gasteiger partial charge in [0.15, 0.2) is 15.5 Å². The molecule has 4 amide bonds. The van der Waals surface area contributed by atoms with Crippen molar-refractivity contribution in [2.45, 2.75) is 28.5 Å². The second-order valence-corrected chi connectivity index (χ2v) is 14.1. The van der Waals surface area contributed by atoms with Crippen molar-refractivity contribution in [1.29, 1.82) is 0 Å². The highest BCUT2D eigenvalue weighted by atomic mass is 79.9. The van der Waals surface area contributed by atoms with E-state index in [-0.39, 0.29) is 40.4 Å². The summed E-state index contributed by atoms with van der Waals surface area (Å²) in [6, 6.07) is 19.3. The van der Waals surface area contributed by atoms with E-state index in [1.165, 1.54) is 18.2 Å². The highest BCUT2D eigenvalue weighted by molar-refractivity contribution is 9.09. The molecule has 2 aliphatic heterocycles. The van der Waals surface area contributed by atoms with Crippen molar-refractivity contribution < 1.29 is 29.1 Å². The molecule has 46 heavy (non-hydrogen) atoms. The molecule has 0 bridgehead atoms. The number of nitrogens with zero attached hydrogens (tertiary/aromatic N) is 2. The second kappa shape index (κ2) is 11.0. The summed E-state index contributed by atoms with van der Waals surface area (Å²) >= 11 is 23.9. The fourth-order valence-corrected chi connectivity index (χ4v) is 9.23. The van der Waals surface area contributed by atoms with E-state index in [4.69, 9.17) is 34.8 Å². The van der Waals surface area contributed by atoms with Gasteiger partial charge in [0.1, 0.15) is 5.75 Å². The molecule has 8 nitrogen and oxygen atoms in total. The van der Waals surface area contributed by atoms with Crippen LogP contribution in [0.2, 0.25) is 5.02 Å². The molecule has 2 heterocycles. The molecule has 6 unspecified atom stereocenters. The number of alkyl halides is 3. The maximum Gasteiger partial charge on any atom is 0.254 e. The van der Waals surface area contributed by atoms with Crippen LogP contribution in [0.3, 0.4) is 0 Å². The molecule has 2 aliphatic carbocycles. The highest BCUT2D eigenvalue weighted by Crippen LogP contribution is 2.66. The van der Waals surface area contributed by atoms with Gasteiger partial charge in [0.25, 0.3) is 11.8 Å². The number of hydrogen-bond donors (Lipinski definition) is 1. The largest absolute Gasteiger partial charge is 0.508 e. The fourth-order valence-electron chi connectivity index (χ4n) is 7.63. The predicted molar refractivity (Wildman–Crippen MR) is 175 cm³/mol. The third kappa shape index (κ3) is 4.21. The first-order valence-corrected chi connectivity index (χ1v) is 16.8. The molecular formula is C34H24BrCl3N2O6. The zero-order chi connectivity index (χ0) is 32.7. The van der Waals surface area contributed by atoms with Crippen molar-refractivity contribution in [3.63, 3.8) is 0 Å². The number of halogens is 4. The smallest absolute Gasteiger partial charge is 0.254 e. The number of fused-ring (bicyclic) bond motifs is 4. The summed E-state index contributed by atoms with van der Waals surface area (Å²) in [6.07, 6.45) is 1.75. The number of amides is 4. The van der Waals surface area contributed by atoms with Crippen LogP contribution in [0.5, 0.6) is 5.75 Å². The Balaban J connectivity index is 1.29. The summed E-state index contributed by atoms with van der Waals surface area (Å²) in [7, 11) is 0. The molecule has 1 N–H and O–H groups in total. The Hall–Kier alpha value is -3.50. The fraction of sp³-hybridized carbons (Fsp3) is 0.265. The number of allylic oxidation sites excluding steroid dienone is 2. The molecule has 234 valence electrons. The molecular weight excluding hydrogens is 719 g/mol. The lowest BCUT2D eigenvalue weighted by molar-refractivity contribution is -0.138. The Labute approximate surface area is 287 Å². The number of hydrogen-bond acceptors (Lipinski definition) is 6. The Morgan fingerprint density at radius 2 is 1.57 bits per heavy atom. The lowest BCUT2D eigenvalue weighted by atomic mass is 9.56. The van der Waals surface area contributed by atoms with E-state index < -0.39 is 57.0 Å². The lowest BCUT2D eigenvalue weighted by Gasteiger charge is -2.50. The minimum absolute atomic E-state index is 0.159. The maximum absolute atomic E-state index is 14.2. The minimum atomic E-state index is -2.05. The van der Waals surface area contributed by atoms with E-state index in [1.54, 1.807) is 54.6 Å². The number of likely N-dealkylation sites (tertiary alicyclic amines) is 1. The number of phenolic OH excluding ortho intramolecular Hbond substituents is 1. The molecule has 2 saturated heterocycles. The molecule has 1 saturated carbocycles. The SMILES string of the molecule is O=C(c1ccccc1)c1ccc(N2C(=O)C3CC=C4C(CC5(Cl)C(=O)N(CBr)C(=O)C5(Cl)C4c4cc(Cl)ccc4O)C3C2=O)cc1. The van der Waals surface area contributed by atoms with Crippen molar-refractivity contribution in [3.8, 4) is 5.75 Å². The molecule has 0 radical (unpaired) electrons. The van der Waals surface area contributed by atoms with Crippen LogP contribution in [0, 0.1) is 17.8 Å². The van der Waals surface area contributed by atoms with Gasteiger partial charge in [-0.25, -0.2) is 0 Å². The number of anilines is 1. The number of benzene rings is 3. The van der Waals surface area contributed by atoms with Gasteiger partial charge in [0, 0.05) is 27.6 Å². The van der Waals surface area contributed by atoms with Crippen LogP contribution < -0.4 is 4.90 Å². The quantitative estimate of drug-likeness (QED) is 0.110. The van der Waals surface area contributed by atoms with Crippen molar-refractivity contribution in [3.05, 3.63) is 106 Å². The van der Waals surface area contributed by atoms with Crippen LogP contribution in [-0.4, -0.2) is 54.6 Å². The van der Waals surface area contributed by atoms with E-state index >= 15 is 0 Å². The van der Waals surface area contributed by atoms with Crippen molar-refractivity contribution >= 4 is 85.8 Å². The first-order valence-electron chi connectivity index (χ1n) is 14.5. The first-order chi connectivity index (χ1) is 21.9. The number of phenols is 1. The van der Waals surface area contributed by atoms with Gasteiger partial charge >= 0.3 is 0 Å². The third-order valence-electron chi connectivity index (χ3n) is 9.74. The molecule has 3 aromatic rings. The standard InChI is InChI=1S/C34H24BrCl3N2O6/c35-16-39-31(45)33(37)15-24-21(27(34(33,38)32(39)46)23-14-19(36)8-13-25(23)41)11-12-22-26(24)30(44)40(29(22)43)20-9-6-18(7-10-20)28(42)17-4-2-1-3-5-17/h1-11,13-14,22,24,26-27,41H,12,15-16H2. The minimum Gasteiger partial charge on any atom is -0.508 e. The van der Waals surface area contributed by atoms with Crippen molar-refractivity contribution in [1.82, 2.24) is 4.90 Å². The number of carbonyl (C=O) groups is 5. The van der Waals surface area contributed by atoms with Gasteiger partial charge < -0.3 is 5.11 Å². The van der Waals surface area contributed by atoms with Gasteiger partial charge in [-0.05, 0) is 61.2 Å². The summed E-state index contributed by atoms with van der Waals surface area (Å²) < 4.78 is 0. The normalized spacial score (nSPS) is 30.2. The van der Waals surface area contributed by atoms with Crippen LogP contribution in [0.4, 0.5) is 5.69 Å². The van der Waals surface area contributed by atoms with Crippen LogP contribution in [0.15, 0.2) is 84.4 Å². The molecule has 12 heteroatoms. The molecule has 0 spiro atoms. The van der Waals surface area contributed by atoms with E-state index in [2.05, 4.69) is 15.9 Å². The van der Waals surface area contributed by atoms with E-state index in [0.717, 1.165) is 9.80 Å². The number of imide groups is 2. The van der Waals surface area contributed by atoms with E-state index in [9.17, 15) is 29.1 Å². The van der Waals surface area contributed by atoms with Crippen molar-refractivity contribution in [2.24, 2.45) is 17.8 Å². The Kier molecular flexibility index (Phi) is 7.47. The monoisotopic (exact) mass is 740 g/mol. The van der Waals surface area contributed by atoms with Crippen LogP contribution in [-0.2, 0) is 19.2 Å². The molecule has 4 aliphatic rings. The maximum atomic E-state index is 14.2. The topological polar surface area (TPSA) is 112 Å². The molecule has 3 aromatic carbocycles. The summed E-state index contributed by atoms with van der Waals surface area (Å²) in [5.74, 6) is -6.36. The lowest BCUT2D eigenvalue weighted by Crippen LogP contribution is -2.60. The molecule has 7 rings (SSSR count). The van der Waals surface area contributed by atoms with Gasteiger partial charge in [-0.3, -0.25) is 33.8 Å². The Bertz CT molecular complexity index is 1890. The van der Waals surface area contributed by atoms with E-state index in [0.29, 0.717) is 22.4 Å². The zero-order valence-electron chi connectivity index (χ0n) is 23.8. The van der Waals surface area contributed by atoms with E-state index in [1.807, 2.05) is 6.07 Å². The zero-order valence-corrected chi connectivity index (χ0v) is 27.7. The number of aromatic hydroxyl groups is 1. The average Bonchev–Trinajstić information content (AvgIpc) is 3.40. The molecule has 0 aromatic heterocycles. The van der Waals surface area contributed by atoms with Gasteiger partial charge in [-0.2, -0.15) is 0 Å². The third-order valence-corrected chi connectivity index (χ3v) is 11.9. The number of ketones is 1. The second-order valence-electron chi connectivity index (χ2n) is 11.9. The predicted octanol–water partition coefficient (Wildman–Crippen LogP) is 6.19. The first kappa shape index (κ1) is 31.1. The number of rotatable bonds is 5. The summed E-state index contributed by atoms with van der Waals surface area (Å²) in [6.45, 7) is 0. The van der Waals surface area contributed by atoms with Gasteiger partial charge in [-0.1, -0.05) is 69.5 Å². The van der Waals surface area contributed by atoms with Crippen molar-refractivity contribution in [2.75, 3.05) is 10.4 Å². The Morgan fingerprint density at radius 3 is 2.24 bits per heavy atom. The number of carbonyl (C=O) groups excluding carboxylic acids is 5. The Morgan fingerprint density at radius 1 is 0.891 bits per heavy atom. The summed E-state index contributed by atoms with van der Waals surface area (Å²) in [5.41, 5.74) is 1.78.